The zero-order valence-electron chi connectivity index (χ0n) is 16.6. The highest BCUT2D eigenvalue weighted by molar-refractivity contribution is 7.88. The second-order valence-electron chi connectivity index (χ2n) is 7.39. The fourth-order valence-corrected chi connectivity index (χ4v) is 7.28. The number of benzene rings is 2. The minimum Gasteiger partial charge on any atom is -0.347 e. The molecule has 0 saturated heterocycles. The van der Waals surface area contributed by atoms with Gasteiger partial charge in [0.25, 0.3) is 5.91 Å². The lowest BCUT2D eigenvalue weighted by Crippen LogP contribution is -2.31. The van der Waals surface area contributed by atoms with E-state index in [1.54, 1.807) is 31.3 Å². The number of sulfonamides is 1. The molecular weight excluding hydrogens is 436 g/mol. The Morgan fingerprint density at radius 3 is 2.43 bits per heavy atom. The number of amides is 1. The van der Waals surface area contributed by atoms with Crippen LogP contribution < -0.4 is 10.0 Å². The zero-order valence-corrected chi connectivity index (χ0v) is 19.1. The molecule has 2 aromatic carbocycles. The van der Waals surface area contributed by atoms with E-state index in [2.05, 4.69) is 22.2 Å². The lowest BCUT2D eigenvalue weighted by atomic mass is 10.1. The van der Waals surface area contributed by atoms with Gasteiger partial charge in [-0.15, -0.1) is 22.7 Å². The van der Waals surface area contributed by atoms with Crippen LogP contribution in [0, 0.1) is 0 Å². The van der Waals surface area contributed by atoms with Gasteiger partial charge in [0, 0.05) is 27.4 Å². The summed E-state index contributed by atoms with van der Waals surface area (Å²) in [4.78, 5) is 13.4. The van der Waals surface area contributed by atoms with Crippen molar-refractivity contribution in [1.29, 1.82) is 0 Å². The molecule has 0 radical (unpaired) electrons. The first-order valence-electron chi connectivity index (χ1n) is 9.58. The summed E-state index contributed by atoms with van der Waals surface area (Å²) >= 11 is 3.17. The number of thiophene rings is 2. The van der Waals surface area contributed by atoms with Gasteiger partial charge < -0.3 is 5.32 Å². The maximum Gasteiger partial charge on any atom is 0.261 e. The van der Waals surface area contributed by atoms with Gasteiger partial charge in [0.15, 0.2) is 0 Å². The molecule has 1 amide bonds. The Bertz CT molecular complexity index is 1320. The first-order valence-corrected chi connectivity index (χ1v) is 12.9. The summed E-state index contributed by atoms with van der Waals surface area (Å²) in [5.41, 5.74) is 1.48. The average molecular weight is 459 g/mol. The average Bonchev–Trinajstić information content (AvgIpc) is 3.24. The zero-order chi connectivity index (χ0) is 21.3. The molecule has 0 atom stereocenters. The molecule has 0 aliphatic heterocycles. The van der Waals surface area contributed by atoms with E-state index in [1.807, 2.05) is 36.4 Å². The third kappa shape index (κ3) is 4.57. The topological polar surface area (TPSA) is 75.3 Å². The fraction of sp³-hybridized carbons (Fsp3) is 0.227. The molecule has 156 valence electrons. The number of hydrogen-bond acceptors (Lipinski definition) is 5. The summed E-state index contributed by atoms with van der Waals surface area (Å²) in [6.45, 7) is 3.86. The Morgan fingerprint density at radius 1 is 0.967 bits per heavy atom. The summed E-state index contributed by atoms with van der Waals surface area (Å²) in [5, 5.41) is 4.12. The minimum atomic E-state index is -3.44. The van der Waals surface area contributed by atoms with Gasteiger partial charge in [0.1, 0.15) is 0 Å². The van der Waals surface area contributed by atoms with Crippen LogP contribution >= 0.6 is 22.7 Å². The monoisotopic (exact) mass is 458 g/mol. The van der Waals surface area contributed by atoms with Crippen molar-refractivity contribution >= 4 is 58.1 Å². The van der Waals surface area contributed by atoms with Gasteiger partial charge in [0.05, 0.1) is 15.3 Å². The Hall–Kier alpha value is -2.26. The fourth-order valence-electron chi connectivity index (χ4n) is 3.35. The Balaban J connectivity index is 1.50. The number of carbonyl (C=O) groups is 1. The maximum absolute atomic E-state index is 12.7. The molecule has 0 spiro atoms. The highest BCUT2D eigenvalue weighted by atomic mass is 32.2. The van der Waals surface area contributed by atoms with Crippen LogP contribution in [0.1, 0.15) is 34.6 Å². The second-order valence-corrected chi connectivity index (χ2v) is 11.3. The number of hydrogen-bond donors (Lipinski definition) is 2. The van der Waals surface area contributed by atoms with E-state index in [9.17, 15) is 13.2 Å². The van der Waals surface area contributed by atoms with Gasteiger partial charge in [-0.1, -0.05) is 42.5 Å². The van der Waals surface area contributed by atoms with E-state index in [4.69, 9.17) is 0 Å². The van der Waals surface area contributed by atoms with Gasteiger partial charge >= 0.3 is 0 Å². The van der Waals surface area contributed by atoms with E-state index in [0.29, 0.717) is 10.4 Å². The minimum absolute atomic E-state index is 0.113. The first kappa shape index (κ1) is 21.0. The van der Waals surface area contributed by atoms with Crippen molar-refractivity contribution in [2.24, 2.45) is 0 Å². The van der Waals surface area contributed by atoms with Crippen LogP contribution in [-0.4, -0.2) is 20.4 Å². The molecule has 0 unspecified atom stereocenters. The highest BCUT2D eigenvalue weighted by Crippen LogP contribution is 2.39. The Labute approximate surface area is 183 Å². The van der Waals surface area contributed by atoms with E-state index >= 15 is 0 Å². The van der Waals surface area contributed by atoms with Crippen molar-refractivity contribution < 1.29 is 13.2 Å². The smallest absolute Gasteiger partial charge is 0.261 e. The van der Waals surface area contributed by atoms with E-state index in [0.717, 1.165) is 15.0 Å². The lowest BCUT2D eigenvalue weighted by molar-refractivity contribution is 0.0955. The van der Waals surface area contributed by atoms with Gasteiger partial charge in [-0.05, 0) is 37.1 Å². The standard InChI is InChI=1S/C22H22N2O3S3/c1-14(2)24-30(26,27)13-16-8-4-3-7-15(16)12-23-22(25)20-11-19-21(29-20)17-9-5-6-10-18(17)28-19/h3-11,14,24H,12-13H2,1-2H3,(H,23,25). The molecule has 0 aliphatic rings. The summed E-state index contributed by atoms with van der Waals surface area (Å²) < 4.78 is 30.7. The molecule has 0 bridgehead atoms. The van der Waals surface area contributed by atoms with Gasteiger partial charge in [-0.3, -0.25) is 4.79 Å². The molecule has 0 fully saturated rings. The van der Waals surface area contributed by atoms with Crippen LogP contribution in [0.15, 0.2) is 54.6 Å². The Morgan fingerprint density at radius 2 is 1.67 bits per heavy atom. The molecule has 2 aromatic heterocycles. The van der Waals surface area contributed by atoms with Gasteiger partial charge in [0.2, 0.25) is 10.0 Å². The summed E-state index contributed by atoms with van der Waals surface area (Å²) in [6.07, 6.45) is 0. The quantitative estimate of drug-likeness (QED) is 0.415. The van der Waals surface area contributed by atoms with Crippen LogP contribution in [-0.2, 0) is 22.3 Å². The van der Waals surface area contributed by atoms with Crippen LogP contribution in [0.25, 0.3) is 19.5 Å². The molecule has 8 heteroatoms. The number of fused-ring (bicyclic) bond motifs is 3. The second kappa shape index (κ2) is 8.47. The molecular formula is C22H22N2O3S3. The van der Waals surface area contributed by atoms with Crippen LogP contribution in [0.3, 0.4) is 0 Å². The molecule has 4 rings (SSSR count). The van der Waals surface area contributed by atoms with E-state index in [-0.39, 0.29) is 24.2 Å². The van der Waals surface area contributed by atoms with Gasteiger partial charge in [-0.2, -0.15) is 0 Å². The molecule has 4 aromatic rings. The molecule has 5 nitrogen and oxygen atoms in total. The first-order chi connectivity index (χ1) is 14.3. The summed E-state index contributed by atoms with van der Waals surface area (Å²) in [5.74, 6) is -0.261. The highest BCUT2D eigenvalue weighted by Gasteiger charge is 2.17. The van der Waals surface area contributed by atoms with Crippen LogP contribution in [0.5, 0.6) is 0 Å². The molecule has 0 saturated carbocycles. The molecule has 2 heterocycles. The largest absolute Gasteiger partial charge is 0.347 e. The predicted octanol–water partition coefficient (Wildman–Crippen LogP) is 4.87. The van der Waals surface area contributed by atoms with Crippen molar-refractivity contribution in [2.75, 3.05) is 0 Å². The Kier molecular flexibility index (Phi) is 5.92. The van der Waals surface area contributed by atoms with Crippen LogP contribution in [0.4, 0.5) is 0 Å². The lowest BCUT2D eigenvalue weighted by Gasteiger charge is -2.13. The van der Waals surface area contributed by atoms with Gasteiger partial charge in [-0.25, -0.2) is 13.1 Å². The molecule has 0 aliphatic carbocycles. The molecule has 30 heavy (non-hydrogen) atoms. The third-order valence-corrected chi connectivity index (χ3v) is 8.53. The third-order valence-electron chi connectivity index (χ3n) is 4.59. The normalized spacial score (nSPS) is 12.1. The van der Waals surface area contributed by atoms with Crippen LogP contribution in [0.2, 0.25) is 0 Å². The summed E-state index contributed by atoms with van der Waals surface area (Å²) in [7, 11) is -3.44. The van der Waals surface area contributed by atoms with Crippen molar-refractivity contribution in [1.82, 2.24) is 10.0 Å². The number of carbonyl (C=O) groups excluding carboxylic acids is 1. The number of nitrogens with one attached hydrogen (secondary N) is 2. The summed E-state index contributed by atoms with van der Waals surface area (Å²) in [6, 6.07) is 17.3. The molecule has 2 N–H and O–H groups in total. The van der Waals surface area contributed by atoms with E-state index in [1.165, 1.54) is 21.4 Å². The van der Waals surface area contributed by atoms with Crippen molar-refractivity contribution in [3.63, 3.8) is 0 Å². The van der Waals surface area contributed by atoms with Crippen molar-refractivity contribution in [3.8, 4) is 0 Å². The van der Waals surface area contributed by atoms with Crippen molar-refractivity contribution in [2.45, 2.75) is 32.2 Å². The van der Waals surface area contributed by atoms with E-state index < -0.39 is 10.0 Å². The SMILES string of the molecule is CC(C)NS(=O)(=O)Cc1ccccc1CNC(=O)c1cc2sc3ccccc3c2s1. The number of rotatable bonds is 7. The maximum atomic E-state index is 12.7. The predicted molar refractivity (Wildman–Crippen MR) is 126 cm³/mol. The van der Waals surface area contributed by atoms with Crippen molar-refractivity contribution in [3.05, 3.63) is 70.6 Å².